The number of benzene rings is 1. The molecule has 0 fully saturated rings. The maximum absolute atomic E-state index is 13.0. The van der Waals surface area contributed by atoms with E-state index in [2.05, 4.69) is 17.0 Å². The smallest absolute Gasteiger partial charge is 0.255 e. The van der Waals surface area contributed by atoms with Crippen LogP contribution in [-0.4, -0.2) is 44.7 Å². The molecule has 1 aromatic heterocycles. The van der Waals surface area contributed by atoms with Crippen LogP contribution in [0.1, 0.15) is 16.1 Å². The number of hydrogen-bond acceptors (Lipinski definition) is 5. The fourth-order valence-electron chi connectivity index (χ4n) is 2.79. The van der Waals surface area contributed by atoms with Gasteiger partial charge in [-0.25, -0.2) is 0 Å². The summed E-state index contributed by atoms with van der Waals surface area (Å²) in [4.78, 5) is 12.4. The summed E-state index contributed by atoms with van der Waals surface area (Å²) in [6.07, 6.45) is 3.04. The van der Waals surface area contributed by atoms with Crippen LogP contribution >= 0.6 is 0 Å². The van der Waals surface area contributed by atoms with Gasteiger partial charge in [0.2, 0.25) is 0 Å². The van der Waals surface area contributed by atoms with Gasteiger partial charge in [0.05, 0.1) is 44.2 Å². The zero-order chi connectivity index (χ0) is 18.7. The number of amides is 1. The predicted molar refractivity (Wildman–Crippen MR) is 95.3 cm³/mol. The van der Waals surface area contributed by atoms with Crippen molar-refractivity contribution in [1.29, 1.82) is 0 Å². The monoisotopic (exact) mass is 376 g/mol. The number of sulfonamides is 1. The first kappa shape index (κ1) is 18.3. The zero-order valence-electron chi connectivity index (χ0n) is 14.4. The SMILES string of the molecule is C=CCNC(=O)c1cnn2c1CN([S+](=O)([O-])c1cccc(OC)c1)CC2. The standard InChI is InChI=1S/C17H20N4O4S/c1-3-7-18-17(22)15-11-19-21-9-8-20(12-16(15)21)26(23,24)14-6-4-5-13(10-14)25-2/h3-6,10-11H,1,7-9,12H2,2H3,(H-,18,22,23,24). The number of carbonyl (C=O) groups excluding carboxylic acids is 1. The van der Waals surface area contributed by atoms with E-state index in [9.17, 15) is 13.6 Å². The molecule has 0 aliphatic carbocycles. The Morgan fingerprint density at radius 1 is 1.50 bits per heavy atom. The molecule has 2 aromatic rings. The van der Waals surface area contributed by atoms with Gasteiger partial charge in [0.15, 0.2) is 15.3 Å². The van der Waals surface area contributed by atoms with Crippen LogP contribution in [0.5, 0.6) is 5.75 Å². The molecule has 0 bridgehead atoms. The molecule has 1 aliphatic heterocycles. The van der Waals surface area contributed by atoms with Crippen LogP contribution in [0.2, 0.25) is 0 Å². The fourth-order valence-corrected chi connectivity index (χ4v) is 4.22. The average molecular weight is 376 g/mol. The first-order valence-electron chi connectivity index (χ1n) is 8.05. The van der Waals surface area contributed by atoms with Gasteiger partial charge < -0.3 is 14.6 Å². The summed E-state index contributed by atoms with van der Waals surface area (Å²) < 4.78 is 34.1. The minimum Gasteiger partial charge on any atom is -0.593 e. The summed E-state index contributed by atoms with van der Waals surface area (Å²) in [7, 11) is -2.22. The van der Waals surface area contributed by atoms with Gasteiger partial charge in [-0.1, -0.05) is 16.4 Å². The van der Waals surface area contributed by atoms with Gasteiger partial charge in [-0.05, 0) is 12.1 Å². The van der Waals surface area contributed by atoms with Gasteiger partial charge in [0.25, 0.3) is 5.91 Å². The van der Waals surface area contributed by atoms with Gasteiger partial charge in [0, 0.05) is 12.6 Å². The maximum Gasteiger partial charge on any atom is 0.255 e. The Bertz CT molecular complexity index is 879. The fraction of sp³-hybridized carbons (Fsp3) is 0.294. The van der Waals surface area contributed by atoms with E-state index < -0.39 is 10.4 Å². The molecule has 1 aromatic carbocycles. The summed E-state index contributed by atoms with van der Waals surface area (Å²) in [5, 5.41) is 6.88. The molecule has 0 spiro atoms. The van der Waals surface area contributed by atoms with E-state index in [0.717, 1.165) is 0 Å². The molecule has 3 rings (SSSR count). The Kier molecular flexibility index (Phi) is 5.21. The van der Waals surface area contributed by atoms with Crippen LogP contribution in [0.25, 0.3) is 0 Å². The van der Waals surface area contributed by atoms with Gasteiger partial charge in [-0.15, -0.1) is 10.9 Å². The highest BCUT2D eigenvalue weighted by molar-refractivity contribution is 7.95. The number of ether oxygens (including phenoxy) is 1. The van der Waals surface area contributed by atoms with Gasteiger partial charge in [-0.3, -0.25) is 9.48 Å². The Balaban J connectivity index is 1.87. The summed E-state index contributed by atoms with van der Waals surface area (Å²) in [5.41, 5.74) is 0.946. The predicted octanol–water partition coefficient (Wildman–Crippen LogP) is 1.23. The van der Waals surface area contributed by atoms with Gasteiger partial charge in [-0.2, -0.15) is 5.10 Å². The number of hydrogen-bond donors (Lipinski definition) is 1. The third kappa shape index (κ3) is 3.41. The molecular weight excluding hydrogens is 356 g/mol. The highest BCUT2D eigenvalue weighted by Crippen LogP contribution is 2.29. The summed E-state index contributed by atoms with van der Waals surface area (Å²) >= 11 is 0. The Hall–Kier alpha value is -2.49. The lowest BCUT2D eigenvalue weighted by atomic mass is 10.2. The molecule has 1 unspecified atom stereocenters. The van der Waals surface area contributed by atoms with Crippen LogP contribution < -0.4 is 10.1 Å². The molecule has 1 atom stereocenters. The summed E-state index contributed by atoms with van der Waals surface area (Å²) in [5.74, 6) is 0.171. The Labute approximate surface area is 152 Å². The van der Waals surface area contributed by atoms with Crippen LogP contribution in [0.3, 0.4) is 0 Å². The van der Waals surface area contributed by atoms with E-state index >= 15 is 0 Å². The van der Waals surface area contributed by atoms with E-state index in [1.54, 1.807) is 22.9 Å². The summed E-state index contributed by atoms with van der Waals surface area (Å²) in [6.45, 7) is 4.63. The van der Waals surface area contributed by atoms with E-state index in [1.807, 2.05) is 0 Å². The largest absolute Gasteiger partial charge is 0.593 e. The van der Waals surface area contributed by atoms with Crippen molar-refractivity contribution in [2.24, 2.45) is 0 Å². The molecule has 1 N–H and O–H groups in total. The number of nitrogens with zero attached hydrogens (tertiary/aromatic N) is 3. The summed E-state index contributed by atoms with van der Waals surface area (Å²) in [6, 6.07) is 6.33. The van der Waals surface area contributed by atoms with Gasteiger partial charge >= 0.3 is 0 Å². The third-order valence-corrected chi connectivity index (χ3v) is 6.01. The molecule has 0 saturated carbocycles. The molecule has 1 amide bonds. The normalized spacial score (nSPS) is 16.4. The topological polar surface area (TPSA) is 99.5 Å². The highest BCUT2D eigenvalue weighted by atomic mass is 32.3. The van der Waals surface area contributed by atoms with Crippen molar-refractivity contribution < 1.29 is 18.3 Å². The van der Waals surface area contributed by atoms with Crippen molar-refractivity contribution in [2.75, 3.05) is 20.2 Å². The number of aromatic nitrogens is 2. The number of methoxy groups -OCH3 is 1. The molecule has 8 nitrogen and oxygen atoms in total. The Morgan fingerprint density at radius 3 is 3.04 bits per heavy atom. The highest BCUT2D eigenvalue weighted by Gasteiger charge is 2.35. The molecule has 0 radical (unpaired) electrons. The molecule has 138 valence electrons. The molecule has 0 saturated heterocycles. The molecule has 26 heavy (non-hydrogen) atoms. The number of rotatable bonds is 6. The van der Waals surface area contributed by atoms with Gasteiger partial charge in [0.1, 0.15) is 5.75 Å². The zero-order valence-corrected chi connectivity index (χ0v) is 15.2. The molecular formula is C17H20N4O4S. The molecule has 2 heterocycles. The minimum atomic E-state index is -3.71. The maximum atomic E-state index is 13.0. The third-order valence-electron chi connectivity index (χ3n) is 4.17. The first-order valence-corrected chi connectivity index (χ1v) is 9.49. The average Bonchev–Trinajstić information content (AvgIpc) is 3.09. The van der Waals surface area contributed by atoms with Crippen LogP contribution in [0, 0.1) is 0 Å². The van der Waals surface area contributed by atoms with Crippen molar-refractivity contribution in [1.82, 2.24) is 19.4 Å². The first-order chi connectivity index (χ1) is 12.5. The minimum absolute atomic E-state index is 0.0797. The van der Waals surface area contributed by atoms with E-state index in [4.69, 9.17) is 4.74 Å². The lowest BCUT2D eigenvalue weighted by Crippen LogP contribution is -2.42. The van der Waals surface area contributed by atoms with Crippen LogP contribution in [-0.2, 0) is 27.7 Å². The Morgan fingerprint density at radius 2 is 2.31 bits per heavy atom. The second-order valence-corrected chi connectivity index (χ2v) is 7.68. The van der Waals surface area contributed by atoms with Crippen molar-refractivity contribution >= 4 is 16.3 Å². The second-order valence-electron chi connectivity index (χ2n) is 5.74. The van der Waals surface area contributed by atoms with E-state index in [-0.39, 0.29) is 23.9 Å². The van der Waals surface area contributed by atoms with Crippen molar-refractivity contribution in [3.8, 4) is 5.75 Å². The number of fused-ring (bicyclic) bond motifs is 1. The van der Waals surface area contributed by atoms with Crippen LogP contribution in [0.15, 0.2) is 48.0 Å². The lowest BCUT2D eigenvalue weighted by molar-refractivity contribution is 0.0955. The molecule has 1 aliphatic rings. The van der Waals surface area contributed by atoms with Crippen LogP contribution in [0.4, 0.5) is 0 Å². The number of carbonyl (C=O) groups is 1. The molecule has 9 heteroatoms. The van der Waals surface area contributed by atoms with E-state index in [1.165, 1.54) is 29.7 Å². The van der Waals surface area contributed by atoms with Crippen molar-refractivity contribution in [3.63, 3.8) is 0 Å². The quantitative estimate of drug-likeness (QED) is 0.604. The van der Waals surface area contributed by atoms with E-state index in [0.29, 0.717) is 30.1 Å². The lowest BCUT2D eigenvalue weighted by Gasteiger charge is -2.31. The number of nitrogens with one attached hydrogen (secondary N) is 1. The van der Waals surface area contributed by atoms with Crippen molar-refractivity contribution in [2.45, 2.75) is 18.0 Å². The second kappa shape index (κ2) is 7.40. The van der Waals surface area contributed by atoms with Crippen molar-refractivity contribution in [3.05, 3.63) is 54.4 Å².